The highest BCUT2D eigenvalue weighted by Gasteiger charge is 2.30. The van der Waals surface area contributed by atoms with Crippen molar-refractivity contribution in [2.75, 3.05) is 45.8 Å². The number of carbonyl (C=O) groups excluding carboxylic acids is 3. The van der Waals surface area contributed by atoms with Crippen molar-refractivity contribution >= 4 is 17.7 Å². The van der Waals surface area contributed by atoms with E-state index in [1.807, 2.05) is 58.3 Å². The molecule has 180 valence electrons. The van der Waals surface area contributed by atoms with Gasteiger partial charge in [0.15, 0.2) is 0 Å². The summed E-state index contributed by atoms with van der Waals surface area (Å²) in [6.45, 7) is 4.57. The van der Waals surface area contributed by atoms with Crippen molar-refractivity contribution in [2.24, 2.45) is 0 Å². The number of piperazine rings is 1. The molecular formula is C27H34N4O3. The molecule has 4 rings (SSSR count). The van der Waals surface area contributed by atoms with Crippen LogP contribution in [-0.4, -0.2) is 84.3 Å². The molecule has 2 aromatic carbocycles. The van der Waals surface area contributed by atoms with Crippen LogP contribution in [-0.2, 0) is 16.0 Å². The number of hydrogen-bond donors (Lipinski definition) is 1. The van der Waals surface area contributed by atoms with Gasteiger partial charge in [-0.15, -0.1) is 0 Å². The first-order chi connectivity index (χ1) is 16.6. The fourth-order valence-electron chi connectivity index (χ4n) is 4.66. The topological polar surface area (TPSA) is 73.0 Å². The van der Waals surface area contributed by atoms with Gasteiger partial charge in [-0.25, -0.2) is 0 Å². The second kappa shape index (κ2) is 11.8. The molecule has 7 nitrogen and oxygen atoms in total. The van der Waals surface area contributed by atoms with Gasteiger partial charge in [0, 0.05) is 51.3 Å². The van der Waals surface area contributed by atoms with Crippen LogP contribution in [0.1, 0.15) is 35.2 Å². The van der Waals surface area contributed by atoms with Crippen LogP contribution in [0.25, 0.3) is 0 Å². The highest BCUT2D eigenvalue weighted by Crippen LogP contribution is 2.12. The van der Waals surface area contributed by atoms with E-state index in [9.17, 15) is 14.4 Å². The van der Waals surface area contributed by atoms with E-state index < -0.39 is 6.04 Å². The third kappa shape index (κ3) is 6.44. The number of nitrogens with zero attached hydrogens (tertiary/aromatic N) is 3. The van der Waals surface area contributed by atoms with Crippen LogP contribution in [0.2, 0.25) is 0 Å². The Kier molecular flexibility index (Phi) is 8.31. The van der Waals surface area contributed by atoms with Gasteiger partial charge in [0.25, 0.3) is 5.91 Å². The molecule has 2 saturated heterocycles. The van der Waals surface area contributed by atoms with E-state index in [4.69, 9.17) is 0 Å². The highest BCUT2D eigenvalue weighted by atomic mass is 16.2. The summed E-state index contributed by atoms with van der Waals surface area (Å²) in [5.74, 6) is -0.132. The van der Waals surface area contributed by atoms with Crippen molar-refractivity contribution in [3.63, 3.8) is 0 Å². The van der Waals surface area contributed by atoms with E-state index in [-0.39, 0.29) is 17.7 Å². The summed E-state index contributed by atoms with van der Waals surface area (Å²) < 4.78 is 0. The Hall–Kier alpha value is -3.19. The van der Waals surface area contributed by atoms with Crippen LogP contribution in [0, 0.1) is 0 Å². The number of amides is 3. The van der Waals surface area contributed by atoms with E-state index in [0.717, 1.165) is 31.5 Å². The molecule has 0 aromatic heterocycles. The molecule has 0 bridgehead atoms. The van der Waals surface area contributed by atoms with Crippen molar-refractivity contribution < 1.29 is 14.4 Å². The molecule has 1 atom stereocenters. The van der Waals surface area contributed by atoms with Crippen LogP contribution < -0.4 is 5.32 Å². The monoisotopic (exact) mass is 462 g/mol. The molecule has 0 aliphatic carbocycles. The van der Waals surface area contributed by atoms with E-state index in [1.54, 1.807) is 12.1 Å². The maximum atomic E-state index is 13.5. The summed E-state index contributed by atoms with van der Waals surface area (Å²) in [7, 11) is 0. The lowest BCUT2D eigenvalue weighted by Gasteiger charge is -2.37. The van der Waals surface area contributed by atoms with E-state index in [2.05, 4.69) is 10.2 Å². The van der Waals surface area contributed by atoms with Gasteiger partial charge in [0.05, 0.1) is 6.54 Å². The second-order valence-corrected chi connectivity index (χ2v) is 9.12. The lowest BCUT2D eigenvalue weighted by Crippen LogP contribution is -2.56. The molecule has 0 unspecified atom stereocenters. The smallest absolute Gasteiger partial charge is 0.251 e. The Morgan fingerprint density at radius 2 is 1.35 bits per heavy atom. The molecule has 34 heavy (non-hydrogen) atoms. The summed E-state index contributed by atoms with van der Waals surface area (Å²) in [6, 6.07) is 18.1. The minimum atomic E-state index is -0.642. The van der Waals surface area contributed by atoms with Gasteiger partial charge in [-0.05, 0) is 37.0 Å². The molecule has 0 spiro atoms. The standard InChI is InChI=1S/C27H34N4O3/c32-25(30-14-8-3-9-15-30)21-29-16-18-31(19-17-29)27(34)24(20-22-10-4-1-5-11-22)28-26(33)23-12-6-2-7-13-23/h1-2,4-7,10-13,24H,3,8-9,14-21H2,(H,28,33)/t24-/m1/s1. The first kappa shape index (κ1) is 24.0. The molecule has 1 N–H and O–H groups in total. The molecule has 2 aromatic rings. The van der Waals surface area contributed by atoms with Crippen molar-refractivity contribution in [2.45, 2.75) is 31.7 Å². The fraction of sp³-hybridized carbons (Fsp3) is 0.444. The SMILES string of the molecule is O=C(N[C@H](Cc1ccccc1)C(=O)N1CCN(CC(=O)N2CCCCC2)CC1)c1ccccc1. The fourth-order valence-corrected chi connectivity index (χ4v) is 4.66. The Labute approximate surface area is 201 Å². The third-order valence-corrected chi connectivity index (χ3v) is 6.67. The predicted octanol–water partition coefficient (Wildman–Crippen LogP) is 2.18. The van der Waals surface area contributed by atoms with E-state index in [1.165, 1.54) is 6.42 Å². The maximum absolute atomic E-state index is 13.5. The molecule has 2 heterocycles. The number of nitrogens with one attached hydrogen (secondary N) is 1. The van der Waals surface area contributed by atoms with Gasteiger partial charge >= 0.3 is 0 Å². The van der Waals surface area contributed by atoms with Crippen LogP contribution in [0.15, 0.2) is 60.7 Å². The number of likely N-dealkylation sites (tertiary alicyclic amines) is 1. The number of benzene rings is 2. The highest BCUT2D eigenvalue weighted by molar-refractivity contribution is 5.97. The van der Waals surface area contributed by atoms with Crippen molar-refractivity contribution in [3.05, 3.63) is 71.8 Å². The van der Waals surface area contributed by atoms with Crippen molar-refractivity contribution in [3.8, 4) is 0 Å². The van der Waals surface area contributed by atoms with Crippen LogP contribution >= 0.6 is 0 Å². The Balaban J connectivity index is 1.36. The summed E-state index contributed by atoms with van der Waals surface area (Å²) in [4.78, 5) is 44.8. The summed E-state index contributed by atoms with van der Waals surface area (Å²) >= 11 is 0. The van der Waals surface area contributed by atoms with Crippen molar-refractivity contribution in [1.29, 1.82) is 0 Å². The summed E-state index contributed by atoms with van der Waals surface area (Å²) in [5, 5.41) is 2.96. The second-order valence-electron chi connectivity index (χ2n) is 9.12. The minimum Gasteiger partial charge on any atom is -0.342 e. The van der Waals surface area contributed by atoms with Gasteiger partial charge in [-0.3, -0.25) is 19.3 Å². The average Bonchev–Trinajstić information content (AvgIpc) is 2.90. The number of piperidine rings is 1. The summed E-state index contributed by atoms with van der Waals surface area (Å²) in [5.41, 5.74) is 1.54. The van der Waals surface area contributed by atoms with Gasteiger partial charge < -0.3 is 15.1 Å². The minimum absolute atomic E-state index is 0.0739. The van der Waals surface area contributed by atoms with Gasteiger partial charge in [-0.2, -0.15) is 0 Å². The number of rotatable bonds is 7. The lowest BCUT2D eigenvalue weighted by atomic mass is 10.0. The molecule has 2 aliphatic heterocycles. The van der Waals surface area contributed by atoms with Crippen LogP contribution in [0.5, 0.6) is 0 Å². The van der Waals surface area contributed by atoms with Crippen LogP contribution in [0.3, 0.4) is 0 Å². The third-order valence-electron chi connectivity index (χ3n) is 6.67. The molecule has 2 aliphatic rings. The average molecular weight is 463 g/mol. The first-order valence-corrected chi connectivity index (χ1v) is 12.3. The van der Waals surface area contributed by atoms with Gasteiger partial charge in [0.2, 0.25) is 11.8 Å². The number of hydrogen-bond acceptors (Lipinski definition) is 4. The largest absolute Gasteiger partial charge is 0.342 e. The zero-order chi connectivity index (χ0) is 23.8. The molecule has 2 fully saturated rings. The Morgan fingerprint density at radius 3 is 2.00 bits per heavy atom. The van der Waals surface area contributed by atoms with E-state index in [0.29, 0.717) is 44.7 Å². The zero-order valence-electron chi connectivity index (χ0n) is 19.7. The first-order valence-electron chi connectivity index (χ1n) is 12.3. The molecule has 0 radical (unpaired) electrons. The number of carbonyl (C=O) groups is 3. The Bertz CT molecular complexity index is 952. The van der Waals surface area contributed by atoms with Gasteiger partial charge in [0.1, 0.15) is 6.04 Å². The molecule has 3 amide bonds. The van der Waals surface area contributed by atoms with Crippen molar-refractivity contribution in [1.82, 2.24) is 20.0 Å². The molecule has 7 heteroatoms. The van der Waals surface area contributed by atoms with Gasteiger partial charge in [-0.1, -0.05) is 48.5 Å². The molecular weight excluding hydrogens is 428 g/mol. The zero-order valence-corrected chi connectivity index (χ0v) is 19.7. The molecule has 0 saturated carbocycles. The van der Waals surface area contributed by atoms with E-state index >= 15 is 0 Å². The predicted molar refractivity (Wildman–Crippen MR) is 131 cm³/mol. The Morgan fingerprint density at radius 1 is 0.735 bits per heavy atom. The van der Waals surface area contributed by atoms with Crippen LogP contribution in [0.4, 0.5) is 0 Å². The normalized spacial score (nSPS) is 17.8. The maximum Gasteiger partial charge on any atom is 0.251 e. The quantitative estimate of drug-likeness (QED) is 0.685. The summed E-state index contributed by atoms with van der Waals surface area (Å²) in [6.07, 6.45) is 3.82. The lowest BCUT2D eigenvalue weighted by molar-refractivity contribution is -0.136.